The van der Waals surface area contributed by atoms with Crippen molar-refractivity contribution in [1.29, 1.82) is 0 Å². The number of rotatable bonds is 5. The highest BCUT2D eigenvalue weighted by Crippen LogP contribution is 2.39. The van der Waals surface area contributed by atoms with Crippen molar-refractivity contribution in [3.05, 3.63) is 0 Å². The number of hydrogen-bond acceptors (Lipinski definition) is 2. The van der Waals surface area contributed by atoms with E-state index in [0.717, 1.165) is 12.8 Å². The Bertz CT molecular complexity index is 336. The third-order valence-corrected chi connectivity index (χ3v) is 4.92. The highest BCUT2D eigenvalue weighted by Gasteiger charge is 2.46. The van der Waals surface area contributed by atoms with Gasteiger partial charge in [0.25, 0.3) is 0 Å². The van der Waals surface area contributed by atoms with Gasteiger partial charge in [0, 0.05) is 18.7 Å². The van der Waals surface area contributed by atoms with E-state index in [9.17, 15) is 4.79 Å². The number of hydrogen-bond donors (Lipinski definition) is 0. The van der Waals surface area contributed by atoms with Crippen LogP contribution in [0.3, 0.4) is 0 Å². The van der Waals surface area contributed by atoms with Gasteiger partial charge in [0.05, 0.1) is 12.0 Å². The zero-order chi connectivity index (χ0) is 15.7. The molecule has 3 nitrogen and oxygen atoms in total. The van der Waals surface area contributed by atoms with Crippen molar-refractivity contribution in [1.82, 2.24) is 4.90 Å². The third-order valence-electron chi connectivity index (χ3n) is 4.92. The van der Waals surface area contributed by atoms with Gasteiger partial charge in [0.15, 0.2) is 0 Å². The van der Waals surface area contributed by atoms with E-state index in [2.05, 4.69) is 46.4 Å². The second kappa shape index (κ2) is 6.46. The Hall–Kier alpha value is -0.570. The zero-order valence-electron chi connectivity index (χ0n) is 14.6. The van der Waals surface area contributed by atoms with Crippen LogP contribution in [0, 0.1) is 17.8 Å². The summed E-state index contributed by atoms with van der Waals surface area (Å²) in [5.41, 5.74) is -0.0351. The van der Waals surface area contributed by atoms with Gasteiger partial charge in [-0.1, -0.05) is 27.7 Å². The molecule has 0 N–H and O–H groups in total. The lowest BCUT2D eigenvalue weighted by atomic mass is 9.87. The van der Waals surface area contributed by atoms with Crippen LogP contribution in [0.4, 0.5) is 0 Å². The first-order valence-corrected chi connectivity index (χ1v) is 7.99. The summed E-state index contributed by atoms with van der Waals surface area (Å²) in [7, 11) is 1.70. The van der Waals surface area contributed by atoms with Crippen molar-refractivity contribution < 1.29 is 9.53 Å². The first-order valence-electron chi connectivity index (χ1n) is 7.99. The summed E-state index contributed by atoms with van der Waals surface area (Å²) in [5, 5.41) is 0. The number of carbonyl (C=O) groups is 1. The predicted molar refractivity (Wildman–Crippen MR) is 83.6 cm³/mol. The Morgan fingerprint density at radius 1 is 1.20 bits per heavy atom. The van der Waals surface area contributed by atoms with Gasteiger partial charge in [-0.2, -0.15) is 0 Å². The smallest absolute Gasteiger partial charge is 0.229 e. The molecule has 1 amide bonds. The number of methoxy groups -OCH3 is 1. The molecule has 118 valence electrons. The summed E-state index contributed by atoms with van der Waals surface area (Å²) >= 11 is 0. The maximum Gasteiger partial charge on any atom is 0.229 e. The van der Waals surface area contributed by atoms with Gasteiger partial charge in [-0.3, -0.25) is 4.79 Å². The molecule has 1 saturated heterocycles. The number of ether oxygens (including phenoxy) is 1. The monoisotopic (exact) mass is 283 g/mol. The molecule has 1 fully saturated rings. The van der Waals surface area contributed by atoms with Crippen molar-refractivity contribution in [2.45, 2.75) is 79.0 Å². The SMILES string of the molecule is COC(C)C(C(=O)N1[C@H](C(C)C)CCC1(C)C)C(C)C. The molecule has 20 heavy (non-hydrogen) atoms. The van der Waals surface area contributed by atoms with Crippen molar-refractivity contribution >= 4 is 5.91 Å². The average Bonchev–Trinajstić information content (AvgIpc) is 2.64. The van der Waals surface area contributed by atoms with E-state index in [0.29, 0.717) is 17.9 Å². The normalized spacial score (nSPS) is 25.3. The van der Waals surface area contributed by atoms with Crippen molar-refractivity contribution in [3.8, 4) is 0 Å². The van der Waals surface area contributed by atoms with E-state index >= 15 is 0 Å². The van der Waals surface area contributed by atoms with Gasteiger partial charge in [-0.15, -0.1) is 0 Å². The first-order chi connectivity index (χ1) is 9.13. The summed E-state index contributed by atoms with van der Waals surface area (Å²) in [5.74, 6) is 1.02. The van der Waals surface area contributed by atoms with Gasteiger partial charge < -0.3 is 9.64 Å². The fourth-order valence-corrected chi connectivity index (χ4v) is 3.63. The van der Waals surface area contributed by atoms with Crippen LogP contribution in [-0.2, 0) is 9.53 Å². The standard InChI is InChI=1S/C17H33NO2/c1-11(2)14-9-10-17(6,7)18(14)16(19)15(12(3)4)13(5)20-8/h11-15H,9-10H2,1-8H3/t13?,14-,15?/m0/s1. The maximum atomic E-state index is 13.2. The summed E-state index contributed by atoms with van der Waals surface area (Å²) < 4.78 is 5.47. The van der Waals surface area contributed by atoms with Gasteiger partial charge in [0.2, 0.25) is 5.91 Å². The molecular formula is C17H33NO2. The Balaban J connectivity index is 3.07. The van der Waals surface area contributed by atoms with Crippen LogP contribution in [0.2, 0.25) is 0 Å². The van der Waals surface area contributed by atoms with Gasteiger partial charge in [0.1, 0.15) is 0 Å². The van der Waals surface area contributed by atoms with Crippen LogP contribution in [-0.4, -0.2) is 35.6 Å². The van der Waals surface area contributed by atoms with Gasteiger partial charge in [-0.05, 0) is 45.4 Å². The number of carbonyl (C=O) groups excluding carboxylic acids is 1. The fourth-order valence-electron chi connectivity index (χ4n) is 3.63. The fraction of sp³-hybridized carbons (Fsp3) is 0.941. The van der Waals surface area contributed by atoms with E-state index in [1.165, 1.54) is 0 Å². The molecule has 3 atom stereocenters. The lowest BCUT2D eigenvalue weighted by molar-refractivity contribution is -0.148. The minimum atomic E-state index is -0.0568. The van der Waals surface area contributed by atoms with E-state index < -0.39 is 0 Å². The number of nitrogens with zero attached hydrogens (tertiary/aromatic N) is 1. The van der Waals surface area contributed by atoms with E-state index in [4.69, 9.17) is 4.74 Å². The van der Waals surface area contributed by atoms with Gasteiger partial charge in [-0.25, -0.2) is 0 Å². The van der Waals surface area contributed by atoms with E-state index in [1.807, 2.05) is 6.92 Å². The minimum Gasteiger partial charge on any atom is -0.381 e. The molecule has 0 aromatic rings. The highest BCUT2D eigenvalue weighted by atomic mass is 16.5. The van der Waals surface area contributed by atoms with Crippen molar-refractivity contribution in [2.24, 2.45) is 17.8 Å². The molecule has 3 heteroatoms. The molecule has 2 unspecified atom stereocenters. The summed E-state index contributed by atoms with van der Waals surface area (Å²) in [4.78, 5) is 15.3. The molecule has 1 rings (SSSR count). The molecule has 0 aromatic carbocycles. The molecule has 1 aliphatic rings. The quantitative estimate of drug-likeness (QED) is 0.769. The number of likely N-dealkylation sites (tertiary alicyclic amines) is 1. The van der Waals surface area contributed by atoms with Crippen LogP contribution < -0.4 is 0 Å². The molecule has 0 radical (unpaired) electrons. The van der Waals surface area contributed by atoms with Crippen LogP contribution in [0.15, 0.2) is 0 Å². The second-order valence-corrected chi connectivity index (χ2v) is 7.58. The van der Waals surface area contributed by atoms with Crippen molar-refractivity contribution in [3.63, 3.8) is 0 Å². The van der Waals surface area contributed by atoms with E-state index in [1.54, 1.807) is 7.11 Å². The minimum absolute atomic E-state index is 0.0351. The first kappa shape index (κ1) is 17.5. The van der Waals surface area contributed by atoms with Crippen LogP contribution in [0.5, 0.6) is 0 Å². The summed E-state index contributed by atoms with van der Waals surface area (Å²) in [6, 6.07) is 0.364. The molecule has 1 heterocycles. The molecule has 0 saturated carbocycles. The van der Waals surface area contributed by atoms with E-state index in [-0.39, 0.29) is 23.5 Å². The van der Waals surface area contributed by atoms with Gasteiger partial charge >= 0.3 is 0 Å². The molecule has 1 aliphatic heterocycles. The predicted octanol–water partition coefficient (Wildman–Crippen LogP) is 3.72. The molecule has 0 aromatic heterocycles. The average molecular weight is 283 g/mol. The topological polar surface area (TPSA) is 29.5 Å². The van der Waals surface area contributed by atoms with Crippen LogP contribution in [0.25, 0.3) is 0 Å². The lowest BCUT2D eigenvalue weighted by Crippen LogP contribution is -2.53. The third kappa shape index (κ3) is 3.36. The van der Waals surface area contributed by atoms with Crippen molar-refractivity contribution in [2.75, 3.05) is 7.11 Å². The highest BCUT2D eigenvalue weighted by molar-refractivity contribution is 5.81. The Morgan fingerprint density at radius 2 is 1.75 bits per heavy atom. The number of amides is 1. The lowest BCUT2D eigenvalue weighted by Gasteiger charge is -2.41. The molecule has 0 bridgehead atoms. The van der Waals surface area contributed by atoms with Crippen LogP contribution >= 0.6 is 0 Å². The summed E-state index contributed by atoms with van der Waals surface area (Å²) in [6.45, 7) is 15.1. The zero-order valence-corrected chi connectivity index (χ0v) is 14.6. The largest absolute Gasteiger partial charge is 0.381 e. The Morgan fingerprint density at radius 3 is 2.15 bits per heavy atom. The second-order valence-electron chi connectivity index (χ2n) is 7.58. The maximum absolute atomic E-state index is 13.2. The Labute approximate surface area is 125 Å². The molecule has 0 aliphatic carbocycles. The van der Waals surface area contributed by atoms with Crippen LogP contribution in [0.1, 0.15) is 61.3 Å². The summed E-state index contributed by atoms with van der Waals surface area (Å²) in [6.07, 6.45) is 2.17. The molecular weight excluding hydrogens is 250 g/mol. The Kier molecular flexibility index (Phi) is 5.65. The molecule has 0 spiro atoms.